The Hall–Kier alpha value is -5.27. The van der Waals surface area contributed by atoms with Gasteiger partial charge in [-0.05, 0) is 59.9 Å². The van der Waals surface area contributed by atoms with Gasteiger partial charge in [0.05, 0.1) is 15.7 Å². The Morgan fingerprint density at radius 1 is 0.867 bits per heavy atom. The third kappa shape index (κ3) is 13.4. The van der Waals surface area contributed by atoms with Crippen LogP contribution in [0.5, 0.6) is 17.2 Å². The summed E-state index contributed by atoms with van der Waals surface area (Å²) in [5, 5.41) is 2.08. The van der Waals surface area contributed by atoms with Crippen LogP contribution in [0.3, 0.4) is 0 Å². The first-order valence-corrected chi connectivity index (χ1v) is 23.1. The molecular weight excluding hydrogens is 864 g/mol. The number of sulfone groups is 1. The number of likely N-dealkylation sites (N-methyl/N-ethyl adjacent to an activating group) is 1. The van der Waals surface area contributed by atoms with E-state index in [4.69, 9.17) is 42.5 Å². The summed E-state index contributed by atoms with van der Waals surface area (Å²) < 4.78 is 107. The number of carbonyl (C=O) groups is 2. The molecule has 0 saturated heterocycles. The first kappa shape index (κ1) is 47.4. The molecule has 4 rings (SSSR count). The molecule has 5 N–H and O–H groups in total. The summed E-state index contributed by atoms with van der Waals surface area (Å²) in [7, 11) is -12.0. The van der Waals surface area contributed by atoms with Gasteiger partial charge in [-0.15, -0.1) is 6.42 Å². The standard InChI is InChI=1S/C39H43ClN4O13S3/c1-6-13-55-35-12-8-11-31(25(35)3)30-10-7-9-27(24(30)2)21-57-37-16-36(56-20-26-14-29(18-42-17-26)58(5,47)48)28(15-32(37)40)19-44(4)39(46)34(23-60(52,53)54)43-38(45)33(41)22-59(49,50)51/h1,7-12,14-18,33-34H,13,19-23,41H2,2-5H3,(H,43,45)(H,49,50,51)(H,52,53,54)/t33-,34-/m0/s1. The van der Waals surface area contributed by atoms with Gasteiger partial charge in [-0.2, -0.15) is 16.8 Å². The van der Waals surface area contributed by atoms with Crippen LogP contribution in [0.2, 0.25) is 5.02 Å². The van der Waals surface area contributed by atoms with E-state index >= 15 is 0 Å². The molecule has 0 bridgehead atoms. The summed E-state index contributed by atoms with van der Waals surface area (Å²) in [6.45, 7) is 3.45. The summed E-state index contributed by atoms with van der Waals surface area (Å²) in [5.74, 6) is -1.56. The van der Waals surface area contributed by atoms with E-state index in [1.165, 1.54) is 37.6 Å². The van der Waals surface area contributed by atoms with E-state index in [0.717, 1.165) is 39.0 Å². The summed E-state index contributed by atoms with van der Waals surface area (Å²) in [5.41, 5.74) is 10.6. The topological polar surface area (TPSA) is 259 Å². The van der Waals surface area contributed by atoms with Gasteiger partial charge >= 0.3 is 0 Å². The van der Waals surface area contributed by atoms with Crippen molar-refractivity contribution in [1.82, 2.24) is 15.2 Å². The van der Waals surface area contributed by atoms with Crippen molar-refractivity contribution in [1.29, 1.82) is 0 Å². The van der Waals surface area contributed by atoms with Gasteiger partial charge in [-0.3, -0.25) is 23.7 Å². The number of ether oxygens (including phenoxy) is 3. The third-order valence-electron chi connectivity index (χ3n) is 8.92. The Labute approximate surface area is 353 Å². The van der Waals surface area contributed by atoms with Crippen LogP contribution in [0.1, 0.15) is 27.8 Å². The molecule has 0 radical (unpaired) electrons. The van der Waals surface area contributed by atoms with Crippen molar-refractivity contribution in [3.05, 3.63) is 99.8 Å². The maximum atomic E-state index is 13.6. The zero-order chi connectivity index (χ0) is 44.6. The molecule has 0 fully saturated rings. The Bertz CT molecular complexity index is 2640. The number of aromatic nitrogens is 1. The SMILES string of the molecule is C#CCOc1cccc(-c2cccc(COc3cc(OCc4cncc(S(C)(=O)=O)c4)c(CN(C)C(=O)[C@H](CS(=O)(=O)O)NC(=O)[C@@H](N)CS(=O)(=O)O)cc3Cl)c2C)c1C. The van der Waals surface area contributed by atoms with Crippen molar-refractivity contribution in [3.63, 3.8) is 0 Å². The zero-order valence-corrected chi connectivity index (χ0v) is 36.0. The van der Waals surface area contributed by atoms with E-state index in [-0.39, 0.29) is 53.3 Å². The number of hydrogen-bond acceptors (Lipinski definition) is 13. The number of halogens is 1. The minimum Gasteiger partial charge on any atom is -0.488 e. The lowest BCUT2D eigenvalue weighted by atomic mass is 9.93. The number of nitrogens with zero attached hydrogens (tertiary/aromatic N) is 2. The van der Waals surface area contributed by atoms with Crippen LogP contribution in [0.25, 0.3) is 11.1 Å². The summed E-state index contributed by atoms with van der Waals surface area (Å²) in [6.07, 6.45) is 8.97. The first-order valence-electron chi connectivity index (χ1n) is 17.7. The maximum Gasteiger partial charge on any atom is 0.267 e. The molecule has 1 aromatic heterocycles. The monoisotopic (exact) mass is 906 g/mol. The number of rotatable bonds is 19. The molecule has 0 unspecified atom stereocenters. The molecule has 21 heteroatoms. The number of pyridine rings is 1. The van der Waals surface area contributed by atoms with E-state index in [2.05, 4.69) is 10.9 Å². The van der Waals surface area contributed by atoms with Crippen LogP contribution >= 0.6 is 11.6 Å². The second-order valence-corrected chi connectivity index (χ2v) is 19.1. The van der Waals surface area contributed by atoms with Crippen LogP contribution in [-0.4, -0.2) is 99.6 Å². The molecule has 0 saturated carbocycles. The van der Waals surface area contributed by atoms with E-state index in [1.807, 2.05) is 55.6 Å². The van der Waals surface area contributed by atoms with Crippen molar-refractivity contribution in [3.8, 4) is 40.7 Å². The lowest BCUT2D eigenvalue weighted by Crippen LogP contribution is -2.55. The number of benzene rings is 3. The lowest BCUT2D eigenvalue weighted by Gasteiger charge is -2.26. The molecule has 60 heavy (non-hydrogen) atoms. The molecule has 2 atom stereocenters. The van der Waals surface area contributed by atoms with Crippen molar-refractivity contribution in [2.75, 3.05) is 31.4 Å². The number of nitrogens with one attached hydrogen (secondary N) is 1. The predicted molar refractivity (Wildman–Crippen MR) is 222 cm³/mol. The number of hydrogen-bond donors (Lipinski definition) is 4. The number of terminal acetylenes is 1. The molecule has 3 aromatic carbocycles. The fourth-order valence-electron chi connectivity index (χ4n) is 5.89. The maximum absolute atomic E-state index is 13.6. The fraction of sp³-hybridized carbons (Fsp3) is 0.308. The third-order valence-corrected chi connectivity index (χ3v) is 11.8. The van der Waals surface area contributed by atoms with Crippen molar-refractivity contribution in [2.45, 2.75) is 50.6 Å². The molecular formula is C39H43ClN4O13S3. The first-order chi connectivity index (χ1) is 28.0. The van der Waals surface area contributed by atoms with Crippen LogP contribution in [0, 0.1) is 26.2 Å². The zero-order valence-electron chi connectivity index (χ0n) is 32.8. The van der Waals surface area contributed by atoms with Gasteiger partial charge in [0.15, 0.2) is 9.84 Å². The van der Waals surface area contributed by atoms with Crippen molar-refractivity contribution >= 4 is 53.5 Å². The van der Waals surface area contributed by atoms with Gasteiger partial charge in [0.2, 0.25) is 11.8 Å². The Morgan fingerprint density at radius 2 is 1.50 bits per heavy atom. The lowest BCUT2D eigenvalue weighted by molar-refractivity contribution is -0.135. The molecule has 1 heterocycles. The summed E-state index contributed by atoms with van der Waals surface area (Å²) in [4.78, 5) is 31.1. The largest absolute Gasteiger partial charge is 0.488 e. The highest BCUT2D eigenvalue weighted by molar-refractivity contribution is 7.90. The Balaban J connectivity index is 1.67. The molecule has 17 nitrogen and oxygen atoms in total. The number of amides is 2. The molecule has 0 spiro atoms. The van der Waals surface area contributed by atoms with Crippen LogP contribution in [0.15, 0.2) is 71.9 Å². The molecule has 2 amide bonds. The highest BCUT2D eigenvalue weighted by atomic mass is 35.5. The number of nitrogens with two attached hydrogens (primary N) is 1. The molecule has 4 aromatic rings. The van der Waals surface area contributed by atoms with Gasteiger partial charge in [0, 0.05) is 49.4 Å². The Kier molecular flexibility index (Phi) is 15.7. The normalized spacial score (nSPS) is 12.8. The van der Waals surface area contributed by atoms with Gasteiger partial charge in [0.25, 0.3) is 20.2 Å². The molecule has 0 aliphatic heterocycles. The van der Waals surface area contributed by atoms with E-state index < -0.39 is 65.5 Å². The van der Waals surface area contributed by atoms with Crippen LogP contribution in [0.4, 0.5) is 0 Å². The highest BCUT2D eigenvalue weighted by Crippen LogP contribution is 2.37. The van der Waals surface area contributed by atoms with Crippen LogP contribution in [-0.2, 0) is 59.4 Å². The van der Waals surface area contributed by atoms with Crippen LogP contribution < -0.4 is 25.3 Å². The van der Waals surface area contributed by atoms with Gasteiger partial charge < -0.3 is 30.2 Å². The quantitative estimate of drug-likeness (QED) is 0.0779. The van der Waals surface area contributed by atoms with Gasteiger partial charge in [-0.1, -0.05) is 47.9 Å². The van der Waals surface area contributed by atoms with Gasteiger partial charge in [-0.25, -0.2) is 8.42 Å². The smallest absolute Gasteiger partial charge is 0.267 e. The minimum atomic E-state index is -4.91. The minimum absolute atomic E-state index is 0.0416. The highest BCUT2D eigenvalue weighted by Gasteiger charge is 2.32. The van der Waals surface area contributed by atoms with E-state index in [1.54, 1.807) is 0 Å². The van der Waals surface area contributed by atoms with Crippen molar-refractivity contribution < 1.29 is 58.2 Å². The average Bonchev–Trinajstić information content (AvgIpc) is 3.15. The average molecular weight is 907 g/mol. The predicted octanol–water partition coefficient (Wildman–Crippen LogP) is 3.14. The fourth-order valence-corrected chi connectivity index (χ4v) is 8.00. The molecule has 0 aliphatic rings. The number of carbonyl (C=O) groups excluding carboxylic acids is 2. The van der Waals surface area contributed by atoms with Crippen molar-refractivity contribution in [2.24, 2.45) is 5.73 Å². The second-order valence-electron chi connectivity index (χ2n) is 13.6. The Morgan fingerprint density at radius 3 is 2.13 bits per heavy atom. The second kappa shape index (κ2) is 19.9. The van der Waals surface area contributed by atoms with E-state index in [0.29, 0.717) is 11.3 Å². The summed E-state index contributed by atoms with van der Waals surface area (Å²) >= 11 is 6.73. The van der Waals surface area contributed by atoms with E-state index in [9.17, 15) is 39.4 Å². The van der Waals surface area contributed by atoms with Gasteiger partial charge in [0.1, 0.15) is 54.9 Å². The molecule has 322 valence electrons. The summed E-state index contributed by atoms with van der Waals surface area (Å²) in [6, 6.07) is 11.8. The molecule has 0 aliphatic carbocycles.